The molecule has 1 aliphatic carbocycles. The molecule has 2 atom stereocenters. The zero-order valence-corrected chi connectivity index (χ0v) is 14.9. The molecule has 1 aromatic rings. The summed E-state index contributed by atoms with van der Waals surface area (Å²) in [6.07, 6.45) is 2.20. The van der Waals surface area contributed by atoms with Crippen LogP contribution in [0.15, 0.2) is 10.9 Å². The summed E-state index contributed by atoms with van der Waals surface area (Å²) in [6.45, 7) is 7.20. The van der Waals surface area contributed by atoms with Crippen LogP contribution in [0.3, 0.4) is 0 Å². The van der Waals surface area contributed by atoms with Gasteiger partial charge in [-0.25, -0.2) is 0 Å². The second-order valence-electron chi connectivity index (χ2n) is 7.04. The van der Waals surface area contributed by atoms with Crippen LogP contribution in [0, 0.1) is 12.8 Å². The lowest BCUT2D eigenvalue weighted by atomic mass is 9.77. The Morgan fingerprint density at radius 3 is 2.40 bits per heavy atom. The minimum Gasteiger partial charge on any atom is -0.422 e. The highest BCUT2D eigenvalue weighted by Crippen LogP contribution is 2.44. The second kappa shape index (κ2) is 6.26. The van der Waals surface area contributed by atoms with E-state index in [0.717, 1.165) is 36.1 Å². The van der Waals surface area contributed by atoms with Crippen molar-refractivity contribution in [2.45, 2.75) is 52.6 Å². The van der Waals surface area contributed by atoms with Crippen molar-refractivity contribution in [3.63, 3.8) is 0 Å². The number of rotatable bonds is 3. The molecular weight excluding hydrogens is 324 g/mol. The number of esters is 2. The van der Waals surface area contributed by atoms with E-state index in [1.54, 1.807) is 6.07 Å². The highest BCUT2D eigenvalue weighted by atomic mass is 16.6. The third-order valence-corrected chi connectivity index (χ3v) is 5.05. The smallest absolute Gasteiger partial charge is 0.308 e. The van der Waals surface area contributed by atoms with Crippen molar-refractivity contribution in [2.75, 3.05) is 6.61 Å². The van der Waals surface area contributed by atoms with Gasteiger partial charge in [-0.3, -0.25) is 14.4 Å². The molecule has 0 N–H and O–H groups in total. The summed E-state index contributed by atoms with van der Waals surface area (Å²) < 4.78 is 15.9. The fourth-order valence-corrected chi connectivity index (χ4v) is 3.54. The average molecular weight is 346 g/mol. The predicted octanol–water partition coefficient (Wildman–Crippen LogP) is 2.10. The molecule has 1 aromatic carbocycles. The lowest BCUT2D eigenvalue weighted by molar-refractivity contribution is -0.132. The van der Waals surface area contributed by atoms with Crippen LogP contribution in [0.4, 0.5) is 0 Å². The van der Waals surface area contributed by atoms with Gasteiger partial charge in [0.05, 0.1) is 12.2 Å². The van der Waals surface area contributed by atoms with Gasteiger partial charge in [0.2, 0.25) is 0 Å². The molecule has 0 aromatic heterocycles. The van der Waals surface area contributed by atoms with Gasteiger partial charge in [-0.1, -0.05) is 0 Å². The fourth-order valence-electron chi connectivity index (χ4n) is 3.54. The van der Waals surface area contributed by atoms with Crippen LogP contribution in [0.1, 0.15) is 43.9 Å². The van der Waals surface area contributed by atoms with Gasteiger partial charge in [0.1, 0.15) is 0 Å². The number of carbonyl (C=O) groups excluding carboxylic acids is 2. The van der Waals surface area contributed by atoms with Crippen molar-refractivity contribution in [3.8, 4) is 11.5 Å². The van der Waals surface area contributed by atoms with E-state index < -0.39 is 17.4 Å². The summed E-state index contributed by atoms with van der Waals surface area (Å²) in [6, 6.07) is 1.56. The van der Waals surface area contributed by atoms with Crippen LogP contribution in [0.2, 0.25) is 0 Å². The van der Waals surface area contributed by atoms with E-state index in [4.69, 9.17) is 14.2 Å². The first kappa shape index (κ1) is 17.6. The molecule has 1 heterocycles. The maximum atomic E-state index is 12.8. The average Bonchev–Trinajstić information content (AvgIpc) is 3.29. The molecule has 2 unspecified atom stereocenters. The molecule has 0 spiro atoms. The standard InChI is InChI=1S/C19H22O6/c1-10-7-16(24-11(2)20)17(22)18(25-12(3)21)14-6-5-13(8-15(10)14)19(4)9-23-19/h7,13H,5-6,8-9H2,1-4H3. The Balaban J connectivity index is 2.16. The number of hydrogen-bond acceptors (Lipinski definition) is 6. The van der Waals surface area contributed by atoms with Crippen molar-refractivity contribution in [1.29, 1.82) is 0 Å². The monoisotopic (exact) mass is 346 g/mol. The Morgan fingerprint density at radius 1 is 1.20 bits per heavy atom. The molecule has 6 heteroatoms. The maximum absolute atomic E-state index is 12.8. The quantitative estimate of drug-likeness (QED) is 0.616. The Labute approximate surface area is 146 Å². The first-order valence-electron chi connectivity index (χ1n) is 8.41. The topological polar surface area (TPSA) is 82.2 Å². The Hall–Kier alpha value is -2.21. The summed E-state index contributed by atoms with van der Waals surface area (Å²) in [5.74, 6) is -0.949. The number of aryl methyl sites for hydroxylation is 1. The van der Waals surface area contributed by atoms with Crippen LogP contribution < -0.4 is 14.9 Å². The third-order valence-electron chi connectivity index (χ3n) is 5.05. The summed E-state index contributed by atoms with van der Waals surface area (Å²) in [7, 11) is 0. The number of epoxide rings is 1. The van der Waals surface area contributed by atoms with Gasteiger partial charge in [0.15, 0.2) is 11.5 Å². The highest BCUT2D eigenvalue weighted by Gasteiger charge is 2.48. The van der Waals surface area contributed by atoms with Crippen molar-refractivity contribution < 1.29 is 23.8 Å². The maximum Gasteiger partial charge on any atom is 0.308 e. The molecule has 3 rings (SSSR count). The van der Waals surface area contributed by atoms with Gasteiger partial charge in [-0.2, -0.15) is 0 Å². The number of carbonyl (C=O) groups is 2. The van der Waals surface area contributed by atoms with E-state index in [9.17, 15) is 14.4 Å². The number of fused-ring (bicyclic) bond motifs is 1. The van der Waals surface area contributed by atoms with E-state index in [-0.39, 0.29) is 17.1 Å². The van der Waals surface area contributed by atoms with Crippen molar-refractivity contribution in [3.05, 3.63) is 33.0 Å². The van der Waals surface area contributed by atoms with Gasteiger partial charge in [0, 0.05) is 19.4 Å². The molecule has 1 aliphatic heterocycles. The van der Waals surface area contributed by atoms with Gasteiger partial charge in [-0.05, 0) is 56.2 Å². The zero-order valence-electron chi connectivity index (χ0n) is 14.9. The third kappa shape index (κ3) is 3.44. The second-order valence-corrected chi connectivity index (χ2v) is 7.04. The summed E-state index contributed by atoms with van der Waals surface area (Å²) in [5, 5.41) is 0. The van der Waals surface area contributed by atoms with Crippen LogP contribution in [-0.4, -0.2) is 24.1 Å². The van der Waals surface area contributed by atoms with Gasteiger partial charge in [0.25, 0.3) is 5.43 Å². The minimum absolute atomic E-state index is 0.0211. The van der Waals surface area contributed by atoms with Gasteiger partial charge >= 0.3 is 11.9 Å². The van der Waals surface area contributed by atoms with Crippen LogP contribution in [0.25, 0.3) is 0 Å². The summed E-state index contributed by atoms with van der Waals surface area (Å²) >= 11 is 0. The van der Waals surface area contributed by atoms with Crippen LogP contribution >= 0.6 is 0 Å². The van der Waals surface area contributed by atoms with Crippen molar-refractivity contribution >= 4 is 11.9 Å². The molecule has 1 saturated heterocycles. The molecule has 6 nitrogen and oxygen atoms in total. The van der Waals surface area contributed by atoms with Crippen molar-refractivity contribution in [1.82, 2.24) is 0 Å². The first-order valence-corrected chi connectivity index (χ1v) is 8.41. The Bertz CT molecular complexity index is 806. The summed E-state index contributed by atoms with van der Waals surface area (Å²) in [5.41, 5.74) is 1.87. The minimum atomic E-state index is -0.591. The Kier molecular flexibility index (Phi) is 4.41. The van der Waals surface area contributed by atoms with E-state index in [1.165, 1.54) is 13.8 Å². The van der Waals surface area contributed by atoms with E-state index in [2.05, 4.69) is 6.92 Å². The number of ether oxygens (including phenoxy) is 3. The molecule has 2 aliphatic rings. The van der Waals surface area contributed by atoms with E-state index in [0.29, 0.717) is 12.3 Å². The lowest BCUT2D eigenvalue weighted by Crippen LogP contribution is -2.28. The highest BCUT2D eigenvalue weighted by molar-refractivity contribution is 5.72. The van der Waals surface area contributed by atoms with Gasteiger partial charge in [-0.15, -0.1) is 0 Å². The lowest BCUT2D eigenvalue weighted by Gasteiger charge is -2.28. The fraction of sp³-hybridized carbons (Fsp3) is 0.526. The largest absolute Gasteiger partial charge is 0.422 e. The molecule has 1 fully saturated rings. The van der Waals surface area contributed by atoms with Crippen molar-refractivity contribution in [2.24, 2.45) is 5.92 Å². The molecule has 25 heavy (non-hydrogen) atoms. The SMILES string of the molecule is CC(=O)Oc1cc(C)c2c(c(OC(C)=O)c1=O)CCC(C1(C)CO1)C2. The molecule has 0 saturated carbocycles. The van der Waals surface area contributed by atoms with E-state index in [1.807, 2.05) is 6.92 Å². The normalized spacial score (nSPS) is 24.2. The molecule has 0 radical (unpaired) electrons. The molecular formula is C19H22O6. The van der Waals surface area contributed by atoms with Crippen LogP contribution in [0.5, 0.6) is 11.5 Å². The predicted molar refractivity (Wildman–Crippen MR) is 89.9 cm³/mol. The number of hydrogen-bond donors (Lipinski definition) is 0. The van der Waals surface area contributed by atoms with Crippen LogP contribution in [-0.2, 0) is 27.2 Å². The van der Waals surface area contributed by atoms with Gasteiger partial charge < -0.3 is 14.2 Å². The Morgan fingerprint density at radius 2 is 1.84 bits per heavy atom. The molecule has 134 valence electrons. The molecule has 0 amide bonds. The summed E-state index contributed by atoms with van der Waals surface area (Å²) in [4.78, 5) is 35.6. The molecule has 0 bridgehead atoms. The first-order chi connectivity index (χ1) is 11.7. The van der Waals surface area contributed by atoms with E-state index >= 15 is 0 Å². The zero-order chi connectivity index (χ0) is 18.4.